The molecule has 2 rings (SSSR count). The van der Waals surface area contributed by atoms with E-state index in [9.17, 15) is 4.79 Å². The van der Waals surface area contributed by atoms with Crippen LogP contribution in [0.15, 0.2) is 30.5 Å². The van der Waals surface area contributed by atoms with Crippen LogP contribution < -0.4 is 4.74 Å². The van der Waals surface area contributed by atoms with Gasteiger partial charge in [0.1, 0.15) is 5.75 Å². The summed E-state index contributed by atoms with van der Waals surface area (Å²) in [7, 11) is 1.60. The Bertz CT molecular complexity index is 504. The number of hydrogen-bond acceptors (Lipinski definition) is 4. The third kappa shape index (κ3) is 2.04. The molecule has 0 aliphatic carbocycles. The number of methoxy groups -OCH3 is 1. The van der Waals surface area contributed by atoms with E-state index in [0.29, 0.717) is 0 Å². The van der Waals surface area contributed by atoms with Gasteiger partial charge in [-0.25, -0.2) is 9.78 Å². The Kier molecular flexibility index (Phi) is 2.87. The smallest absolute Gasteiger partial charge is 0.365 e. The quantitative estimate of drug-likeness (QED) is 0.888. The van der Waals surface area contributed by atoms with E-state index in [4.69, 9.17) is 9.84 Å². The number of nitrogens with zero attached hydrogens (tertiary/aromatic N) is 1. The Labute approximate surface area is 96.1 Å². The minimum Gasteiger partial charge on any atom is -0.497 e. The van der Waals surface area contributed by atoms with Crippen LogP contribution in [-0.4, -0.2) is 23.2 Å². The van der Waals surface area contributed by atoms with Crippen LogP contribution in [0.1, 0.15) is 9.80 Å². The van der Waals surface area contributed by atoms with Crippen LogP contribution in [0.2, 0.25) is 0 Å². The molecule has 0 fully saturated rings. The van der Waals surface area contributed by atoms with E-state index in [2.05, 4.69) is 4.98 Å². The minimum atomic E-state index is -0.996. The molecule has 5 heteroatoms. The maximum Gasteiger partial charge on any atom is 0.365 e. The SMILES string of the molecule is COc1ccc(-c2cnc(C(=O)O)s2)cc1. The van der Waals surface area contributed by atoms with Gasteiger partial charge in [-0.3, -0.25) is 0 Å². The third-order valence-electron chi connectivity index (χ3n) is 2.06. The average molecular weight is 235 g/mol. The largest absolute Gasteiger partial charge is 0.497 e. The summed E-state index contributed by atoms with van der Waals surface area (Å²) in [6.07, 6.45) is 1.57. The van der Waals surface area contributed by atoms with Crippen LogP contribution in [0, 0.1) is 0 Å². The first-order chi connectivity index (χ1) is 7.70. The molecule has 1 aromatic carbocycles. The molecule has 0 atom stereocenters. The molecule has 0 aliphatic heterocycles. The number of benzene rings is 1. The second kappa shape index (κ2) is 4.32. The van der Waals surface area contributed by atoms with Gasteiger partial charge in [-0.15, -0.1) is 11.3 Å². The van der Waals surface area contributed by atoms with Crippen LogP contribution >= 0.6 is 11.3 Å². The number of rotatable bonds is 3. The fourth-order valence-electron chi connectivity index (χ4n) is 1.26. The number of ether oxygens (including phenoxy) is 1. The van der Waals surface area contributed by atoms with Crippen molar-refractivity contribution in [3.8, 4) is 16.2 Å². The molecule has 0 saturated carbocycles. The lowest BCUT2D eigenvalue weighted by atomic mass is 10.2. The summed E-state index contributed by atoms with van der Waals surface area (Å²) in [5.74, 6) is -0.225. The van der Waals surface area contributed by atoms with Crippen molar-refractivity contribution in [3.05, 3.63) is 35.5 Å². The molecule has 0 amide bonds. The van der Waals surface area contributed by atoms with E-state index >= 15 is 0 Å². The zero-order valence-electron chi connectivity index (χ0n) is 8.51. The van der Waals surface area contributed by atoms with Gasteiger partial charge in [-0.1, -0.05) is 0 Å². The molecule has 0 spiro atoms. The van der Waals surface area contributed by atoms with Crippen LogP contribution in [0.5, 0.6) is 5.75 Å². The zero-order valence-corrected chi connectivity index (χ0v) is 9.32. The predicted octanol–water partition coefficient (Wildman–Crippen LogP) is 2.52. The lowest BCUT2D eigenvalue weighted by Crippen LogP contribution is -1.92. The van der Waals surface area contributed by atoms with Gasteiger partial charge >= 0.3 is 5.97 Å². The van der Waals surface area contributed by atoms with Crippen LogP contribution in [0.3, 0.4) is 0 Å². The highest BCUT2D eigenvalue weighted by molar-refractivity contribution is 7.16. The molecular weight excluding hydrogens is 226 g/mol. The fraction of sp³-hybridized carbons (Fsp3) is 0.0909. The van der Waals surface area contributed by atoms with Gasteiger partial charge in [0.15, 0.2) is 0 Å². The Morgan fingerprint density at radius 2 is 2.06 bits per heavy atom. The molecule has 1 aromatic heterocycles. The molecule has 0 radical (unpaired) electrons. The molecule has 1 N–H and O–H groups in total. The molecule has 0 bridgehead atoms. The number of aromatic nitrogens is 1. The van der Waals surface area contributed by atoms with Crippen LogP contribution in [0.25, 0.3) is 10.4 Å². The lowest BCUT2D eigenvalue weighted by Gasteiger charge is -2.00. The highest BCUT2D eigenvalue weighted by Gasteiger charge is 2.09. The van der Waals surface area contributed by atoms with Gasteiger partial charge in [0.05, 0.1) is 12.0 Å². The van der Waals surface area contributed by atoms with Crippen LogP contribution in [-0.2, 0) is 0 Å². The van der Waals surface area contributed by atoms with Gasteiger partial charge in [-0.05, 0) is 29.8 Å². The molecule has 2 aromatic rings. The van der Waals surface area contributed by atoms with E-state index in [1.54, 1.807) is 13.3 Å². The van der Waals surface area contributed by atoms with Gasteiger partial charge < -0.3 is 9.84 Å². The van der Waals surface area contributed by atoms with Gasteiger partial charge in [-0.2, -0.15) is 0 Å². The predicted molar refractivity (Wildman–Crippen MR) is 61.1 cm³/mol. The van der Waals surface area contributed by atoms with E-state index in [-0.39, 0.29) is 5.01 Å². The van der Waals surface area contributed by atoms with Crippen LogP contribution in [0.4, 0.5) is 0 Å². The molecule has 0 aliphatic rings. The molecule has 4 nitrogen and oxygen atoms in total. The van der Waals surface area contributed by atoms with Crippen molar-refractivity contribution in [1.29, 1.82) is 0 Å². The Balaban J connectivity index is 2.31. The number of carboxylic acids is 1. The summed E-state index contributed by atoms with van der Waals surface area (Å²) >= 11 is 1.16. The van der Waals surface area contributed by atoms with Crippen molar-refractivity contribution in [3.63, 3.8) is 0 Å². The first-order valence-corrected chi connectivity index (χ1v) is 5.36. The Morgan fingerprint density at radius 1 is 1.38 bits per heavy atom. The van der Waals surface area contributed by atoms with Gasteiger partial charge in [0, 0.05) is 6.20 Å². The lowest BCUT2D eigenvalue weighted by molar-refractivity contribution is 0.0696. The summed E-state index contributed by atoms with van der Waals surface area (Å²) in [4.78, 5) is 15.3. The van der Waals surface area contributed by atoms with E-state index in [0.717, 1.165) is 27.5 Å². The number of aromatic carboxylic acids is 1. The molecule has 82 valence electrons. The Hall–Kier alpha value is -1.88. The standard InChI is InChI=1S/C11H9NO3S/c1-15-8-4-2-7(3-5-8)9-6-12-10(16-9)11(13)14/h2-6H,1H3,(H,13,14). The summed E-state index contributed by atoms with van der Waals surface area (Å²) in [5.41, 5.74) is 0.936. The first kappa shape index (κ1) is 10.6. The van der Waals surface area contributed by atoms with E-state index in [1.165, 1.54) is 0 Å². The fourth-order valence-corrected chi connectivity index (χ4v) is 2.02. The van der Waals surface area contributed by atoms with Crippen molar-refractivity contribution in [2.24, 2.45) is 0 Å². The normalized spacial score (nSPS) is 10.1. The van der Waals surface area contributed by atoms with Crippen molar-refractivity contribution < 1.29 is 14.6 Å². The molecule has 16 heavy (non-hydrogen) atoms. The van der Waals surface area contributed by atoms with Crippen molar-refractivity contribution in [2.45, 2.75) is 0 Å². The van der Waals surface area contributed by atoms with Crippen molar-refractivity contribution in [2.75, 3.05) is 7.11 Å². The molecule has 1 heterocycles. The molecule has 0 unspecified atom stereocenters. The highest BCUT2D eigenvalue weighted by Crippen LogP contribution is 2.27. The maximum absolute atomic E-state index is 10.7. The number of carbonyl (C=O) groups is 1. The second-order valence-corrected chi connectivity index (χ2v) is 4.09. The summed E-state index contributed by atoms with van der Waals surface area (Å²) in [6, 6.07) is 7.40. The molecule has 0 saturated heterocycles. The van der Waals surface area contributed by atoms with E-state index < -0.39 is 5.97 Å². The minimum absolute atomic E-state index is 0.103. The number of carboxylic acid groups (broad SMARTS) is 1. The van der Waals surface area contributed by atoms with Gasteiger partial charge in [0.25, 0.3) is 0 Å². The molecular formula is C11H9NO3S. The summed E-state index contributed by atoms with van der Waals surface area (Å²) in [5, 5.41) is 8.86. The highest BCUT2D eigenvalue weighted by atomic mass is 32.1. The maximum atomic E-state index is 10.7. The Morgan fingerprint density at radius 3 is 2.56 bits per heavy atom. The number of hydrogen-bond donors (Lipinski definition) is 1. The van der Waals surface area contributed by atoms with Crippen molar-refractivity contribution in [1.82, 2.24) is 4.98 Å². The second-order valence-electron chi connectivity index (χ2n) is 3.06. The van der Waals surface area contributed by atoms with Crippen molar-refractivity contribution >= 4 is 17.3 Å². The number of thiazole rings is 1. The topological polar surface area (TPSA) is 59.4 Å². The first-order valence-electron chi connectivity index (χ1n) is 4.54. The summed E-state index contributed by atoms with van der Waals surface area (Å²) in [6.45, 7) is 0. The monoisotopic (exact) mass is 235 g/mol. The summed E-state index contributed by atoms with van der Waals surface area (Å²) < 4.78 is 5.04. The third-order valence-corrected chi connectivity index (χ3v) is 3.10. The van der Waals surface area contributed by atoms with Gasteiger partial charge in [0.2, 0.25) is 5.01 Å². The van der Waals surface area contributed by atoms with E-state index in [1.807, 2.05) is 24.3 Å². The average Bonchev–Trinajstić information content (AvgIpc) is 2.78. The zero-order chi connectivity index (χ0) is 11.5.